The largest absolute Gasteiger partial charge is 0.393 e. The maximum absolute atomic E-state index is 13.8. The highest BCUT2D eigenvalue weighted by Gasteiger charge is 2.63. The summed E-state index contributed by atoms with van der Waals surface area (Å²) in [6.07, 6.45) is 8.69. The third-order valence-corrected chi connectivity index (χ3v) is 11.5. The van der Waals surface area contributed by atoms with Gasteiger partial charge in [0.25, 0.3) is 10.1 Å². The van der Waals surface area contributed by atoms with Crippen LogP contribution in [0.1, 0.15) is 85.0 Å². The van der Waals surface area contributed by atoms with Crippen LogP contribution < -0.4 is 5.32 Å². The summed E-state index contributed by atoms with van der Waals surface area (Å²) in [6, 6.07) is 0. The van der Waals surface area contributed by atoms with Crippen LogP contribution in [0.15, 0.2) is 0 Å². The highest BCUT2D eigenvalue weighted by molar-refractivity contribution is 7.85. The fraction of sp³-hybridized carbons (Fsp3) is 0.923. The van der Waals surface area contributed by atoms with Crippen molar-refractivity contribution in [1.29, 1.82) is 0 Å². The second-order valence-electron chi connectivity index (χ2n) is 12.3. The Morgan fingerprint density at radius 1 is 1.15 bits per heavy atom. The molecule has 0 radical (unpaired) electrons. The first-order valence-electron chi connectivity index (χ1n) is 13.3. The number of nitrogens with one attached hydrogen (secondary N) is 1. The van der Waals surface area contributed by atoms with E-state index in [0.29, 0.717) is 48.7 Å². The van der Waals surface area contributed by atoms with Crippen LogP contribution in [0.2, 0.25) is 0 Å². The van der Waals surface area contributed by atoms with Crippen LogP contribution in [-0.2, 0) is 19.7 Å². The van der Waals surface area contributed by atoms with Crippen LogP contribution >= 0.6 is 0 Å². The number of rotatable bonds is 7. The van der Waals surface area contributed by atoms with E-state index in [4.69, 9.17) is 4.55 Å². The molecule has 0 spiro atoms. The number of amides is 1. The molecule has 0 aromatic heterocycles. The number of carbonyl (C=O) groups is 2. The van der Waals surface area contributed by atoms with E-state index in [9.17, 15) is 23.1 Å². The minimum absolute atomic E-state index is 0.0897. The smallest absolute Gasteiger partial charge is 0.266 e. The lowest BCUT2D eigenvalue weighted by molar-refractivity contribution is -0.160. The van der Waals surface area contributed by atoms with Crippen LogP contribution in [0.3, 0.4) is 0 Å². The molecule has 0 heterocycles. The summed E-state index contributed by atoms with van der Waals surface area (Å²) in [5, 5.41) is 12.8. The molecule has 0 unspecified atom stereocenters. The third-order valence-electron chi connectivity index (χ3n) is 10.8. The summed E-state index contributed by atoms with van der Waals surface area (Å²) >= 11 is 0. The van der Waals surface area contributed by atoms with Gasteiger partial charge >= 0.3 is 0 Å². The molecule has 4 saturated carbocycles. The van der Waals surface area contributed by atoms with Gasteiger partial charge in [0.05, 0.1) is 11.9 Å². The van der Waals surface area contributed by atoms with Gasteiger partial charge in [-0.2, -0.15) is 8.42 Å². The number of Topliss-reactive ketones (excluding diaryl/α,β-unsaturated/α-hetero) is 1. The molecule has 7 nitrogen and oxygen atoms in total. The van der Waals surface area contributed by atoms with Crippen LogP contribution in [-0.4, -0.2) is 48.2 Å². The molecule has 0 saturated heterocycles. The molecule has 3 N–H and O–H groups in total. The minimum atomic E-state index is -4.08. The average molecular weight is 498 g/mol. The normalized spacial score (nSPS) is 42.9. The van der Waals surface area contributed by atoms with Crippen molar-refractivity contribution >= 4 is 21.8 Å². The van der Waals surface area contributed by atoms with Crippen LogP contribution in [0.4, 0.5) is 0 Å². The first-order valence-corrected chi connectivity index (χ1v) is 14.9. The summed E-state index contributed by atoms with van der Waals surface area (Å²) < 4.78 is 30.5. The van der Waals surface area contributed by atoms with Crippen molar-refractivity contribution in [2.75, 3.05) is 12.3 Å². The molecule has 0 aliphatic heterocycles. The molecular formula is C26H43NO6S. The van der Waals surface area contributed by atoms with Crippen molar-refractivity contribution in [1.82, 2.24) is 5.32 Å². The Morgan fingerprint density at radius 3 is 2.59 bits per heavy atom. The van der Waals surface area contributed by atoms with Crippen molar-refractivity contribution in [2.24, 2.45) is 46.3 Å². The van der Waals surface area contributed by atoms with Gasteiger partial charge in [0.2, 0.25) is 5.91 Å². The van der Waals surface area contributed by atoms with E-state index in [1.54, 1.807) is 0 Å². The second kappa shape index (κ2) is 9.47. The van der Waals surface area contributed by atoms with Gasteiger partial charge < -0.3 is 10.4 Å². The molecule has 8 heteroatoms. The van der Waals surface area contributed by atoms with Gasteiger partial charge in [0, 0.05) is 24.8 Å². The predicted octanol–water partition coefficient (Wildman–Crippen LogP) is 3.61. The molecule has 4 rings (SSSR count). The Bertz CT molecular complexity index is 905. The van der Waals surface area contributed by atoms with Crippen LogP contribution in [0, 0.1) is 46.3 Å². The van der Waals surface area contributed by atoms with Gasteiger partial charge in [-0.3, -0.25) is 14.1 Å². The Hall–Kier alpha value is -0.990. The standard InChI is InChI=1S/C26H43NO6S/c1-16(4-9-24(30)27-12-13-34(31,32)33)20-7-8-21-19-6-5-17-14-18(28)10-11-25(17,2)22(19)15-23(29)26(20,21)3/h16-22,28H,4-15H2,1-3H3,(H,27,30)(H,31,32,33)/t16-,17-,18-,19+,20-,21+,22+,25+,26-/m1/s1. The lowest BCUT2D eigenvalue weighted by Crippen LogP contribution is -2.57. The maximum Gasteiger partial charge on any atom is 0.266 e. The number of carbonyl (C=O) groups excluding carboxylic acids is 2. The number of fused-ring (bicyclic) bond motifs is 5. The van der Waals surface area contributed by atoms with Crippen molar-refractivity contribution < 1.29 is 27.7 Å². The number of aliphatic hydroxyl groups excluding tert-OH is 1. The molecule has 4 aliphatic rings. The van der Waals surface area contributed by atoms with Gasteiger partial charge in [0.1, 0.15) is 5.78 Å². The minimum Gasteiger partial charge on any atom is -0.393 e. The summed E-state index contributed by atoms with van der Waals surface area (Å²) in [4.78, 5) is 26.0. The Labute approximate surface area is 204 Å². The van der Waals surface area contributed by atoms with E-state index in [1.165, 1.54) is 12.8 Å². The summed E-state index contributed by atoms with van der Waals surface area (Å²) in [7, 11) is -4.08. The topological polar surface area (TPSA) is 121 Å². The lowest BCUT2D eigenvalue weighted by Gasteiger charge is -2.60. The van der Waals surface area contributed by atoms with Crippen molar-refractivity contribution in [3.63, 3.8) is 0 Å². The molecule has 194 valence electrons. The van der Waals surface area contributed by atoms with Gasteiger partial charge in [-0.15, -0.1) is 0 Å². The number of ketones is 1. The van der Waals surface area contributed by atoms with Crippen LogP contribution in [0.5, 0.6) is 0 Å². The van der Waals surface area contributed by atoms with Gasteiger partial charge in [-0.1, -0.05) is 20.8 Å². The monoisotopic (exact) mass is 497 g/mol. The molecular weight excluding hydrogens is 454 g/mol. The highest BCUT2D eigenvalue weighted by Crippen LogP contribution is 2.67. The van der Waals surface area contributed by atoms with E-state index >= 15 is 0 Å². The predicted molar refractivity (Wildman–Crippen MR) is 129 cm³/mol. The Morgan fingerprint density at radius 2 is 1.88 bits per heavy atom. The van der Waals surface area contributed by atoms with E-state index in [2.05, 4.69) is 26.1 Å². The fourth-order valence-electron chi connectivity index (χ4n) is 8.85. The molecule has 4 aliphatic carbocycles. The summed E-state index contributed by atoms with van der Waals surface area (Å²) in [6.45, 7) is 6.67. The molecule has 4 fully saturated rings. The van der Waals surface area contributed by atoms with Crippen molar-refractivity contribution in [2.45, 2.75) is 91.1 Å². The van der Waals surface area contributed by atoms with E-state index < -0.39 is 15.9 Å². The van der Waals surface area contributed by atoms with Gasteiger partial charge in [-0.05, 0) is 92.3 Å². The summed E-state index contributed by atoms with van der Waals surface area (Å²) in [5.41, 5.74) is -0.150. The van der Waals surface area contributed by atoms with E-state index in [1.807, 2.05) is 0 Å². The molecule has 9 atom stereocenters. The van der Waals surface area contributed by atoms with E-state index in [0.717, 1.165) is 32.1 Å². The van der Waals surface area contributed by atoms with Gasteiger partial charge in [-0.25, -0.2) is 0 Å². The first kappa shape index (κ1) is 26.1. The zero-order valence-electron chi connectivity index (χ0n) is 21.0. The Kier molecular flexibility index (Phi) is 7.27. The lowest BCUT2D eigenvalue weighted by atomic mass is 9.44. The highest BCUT2D eigenvalue weighted by atomic mass is 32.2. The zero-order chi connectivity index (χ0) is 24.9. The molecule has 0 aromatic carbocycles. The second-order valence-corrected chi connectivity index (χ2v) is 13.9. The maximum atomic E-state index is 13.8. The SMILES string of the molecule is C[C@H](CCC(=O)NCCS(=O)(=O)O)[C@H]1CC[C@H]2[C@@H]3CC[C@@H]4C[C@H](O)CC[C@]4(C)[C@H]3CC(=O)[C@]12C. The van der Waals surface area contributed by atoms with Crippen molar-refractivity contribution in [3.05, 3.63) is 0 Å². The van der Waals surface area contributed by atoms with E-state index in [-0.39, 0.29) is 41.2 Å². The fourth-order valence-corrected chi connectivity index (χ4v) is 9.21. The van der Waals surface area contributed by atoms with Gasteiger partial charge in [0.15, 0.2) is 0 Å². The third kappa shape index (κ3) is 4.71. The molecule has 34 heavy (non-hydrogen) atoms. The number of hydrogen-bond acceptors (Lipinski definition) is 5. The quantitative estimate of drug-likeness (QED) is 0.462. The molecule has 1 amide bonds. The van der Waals surface area contributed by atoms with Crippen molar-refractivity contribution in [3.8, 4) is 0 Å². The zero-order valence-corrected chi connectivity index (χ0v) is 21.8. The average Bonchev–Trinajstić information content (AvgIpc) is 3.11. The summed E-state index contributed by atoms with van der Waals surface area (Å²) in [5.74, 6) is 2.20. The number of aliphatic hydroxyl groups is 1. The van der Waals surface area contributed by atoms with Crippen LogP contribution in [0.25, 0.3) is 0 Å². The first-order chi connectivity index (χ1) is 15.9. The Balaban J connectivity index is 1.40. The number of hydrogen-bond donors (Lipinski definition) is 3. The molecule has 0 aromatic rings. The molecule has 0 bridgehead atoms.